The highest BCUT2D eigenvalue weighted by Gasteiger charge is 2.20. The van der Waals surface area contributed by atoms with Crippen LogP contribution in [-0.2, 0) is 0 Å². The summed E-state index contributed by atoms with van der Waals surface area (Å²) in [6, 6.07) is 0.301. The highest BCUT2D eigenvalue weighted by Crippen LogP contribution is 2.15. The summed E-state index contributed by atoms with van der Waals surface area (Å²) in [4.78, 5) is 20.0. The minimum Gasteiger partial charge on any atom is -0.336 e. The number of nitro groups is 1. The maximum Gasteiger partial charge on any atom is 0.305 e. The minimum absolute atomic E-state index is 0.0773. The largest absolute Gasteiger partial charge is 0.336 e. The van der Waals surface area contributed by atoms with E-state index in [2.05, 4.69) is 22.2 Å². The van der Waals surface area contributed by atoms with Gasteiger partial charge in [-0.25, -0.2) is 9.97 Å². The van der Waals surface area contributed by atoms with E-state index in [0.717, 1.165) is 19.6 Å². The zero-order valence-electron chi connectivity index (χ0n) is 8.96. The van der Waals surface area contributed by atoms with Crippen LogP contribution in [-0.4, -0.2) is 40.6 Å². The lowest BCUT2D eigenvalue weighted by atomic mass is 10.2. The molecule has 7 heteroatoms. The molecule has 1 aliphatic heterocycles. The average molecular weight is 223 g/mol. The van der Waals surface area contributed by atoms with Gasteiger partial charge in [0, 0.05) is 25.7 Å². The molecule has 16 heavy (non-hydrogen) atoms. The van der Waals surface area contributed by atoms with E-state index in [4.69, 9.17) is 0 Å². The topological polar surface area (TPSA) is 84.2 Å². The van der Waals surface area contributed by atoms with Crippen LogP contribution in [0.5, 0.6) is 0 Å². The second kappa shape index (κ2) is 4.40. The van der Waals surface area contributed by atoms with Crippen molar-refractivity contribution in [1.82, 2.24) is 15.3 Å². The van der Waals surface area contributed by atoms with E-state index in [-0.39, 0.29) is 5.69 Å². The first-order chi connectivity index (χ1) is 7.68. The summed E-state index contributed by atoms with van der Waals surface area (Å²) in [6.07, 6.45) is 2.49. The standard InChI is InChI=1S/C9H13N5O2/c1-7-4-10-2-3-13(7)9-11-5-8(6-12-9)14(15)16/h5-7,10H,2-4H2,1H3. The molecule has 2 rings (SSSR count). The first-order valence-corrected chi connectivity index (χ1v) is 5.12. The Morgan fingerprint density at radius 1 is 1.56 bits per heavy atom. The molecule has 0 bridgehead atoms. The molecule has 1 saturated heterocycles. The van der Waals surface area contributed by atoms with Gasteiger partial charge in [-0.15, -0.1) is 0 Å². The van der Waals surface area contributed by atoms with E-state index in [9.17, 15) is 10.1 Å². The van der Waals surface area contributed by atoms with Gasteiger partial charge in [-0.3, -0.25) is 10.1 Å². The molecule has 0 saturated carbocycles. The molecular formula is C9H13N5O2. The first-order valence-electron chi connectivity index (χ1n) is 5.12. The van der Waals surface area contributed by atoms with Gasteiger partial charge < -0.3 is 10.2 Å². The zero-order valence-corrected chi connectivity index (χ0v) is 8.96. The lowest BCUT2D eigenvalue weighted by Crippen LogP contribution is -2.50. The minimum atomic E-state index is -0.495. The third-order valence-electron chi connectivity index (χ3n) is 2.59. The predicted octanol–water partition coefficient (Wildman–Crippen LogP) is 0.183. The lowest BCUT2D eigenvalue weighted by Gasteiger charge is -2.33. The second-order valence-corrected chi connectivity index (χ2v) is 3.74. The van der Waals surface area contributed by atoms with Gasteiger partial charge in [0.1, 0.15) is 12.4 Å². The van der Waals surface area contributed by atoms with E-state index in [1.165, 1.54) is 12.4 Å². The molecule has 1 aliphatic rings. The Labute approximate surface area is 92.7 Å². The fourth-order valence-corrected chi connectivity index (χ4v) is 1.70. The SMILES string of the molecule is CC1CNCCN1c1ncc([N+](=O)[O-])cn1. The summed E-state index contributed by atoms with van der Waals surface area (Å²) in [5.74, 6) is 0.555. The summed E-state index contributed by atoms with van der Waals surface area (Å²) in [5, 5.41) is 13.7. The molecule has 1 fully saturated rings. The molecule has 7 nitrogen and oxygen atoms in total. The first kappa shape index (κ1) is 10.7. The molecule has 86 valence electrons. The van der Waals surface area contributed by atoms with Gasteiger partial charge in [0.05, 0.1) is 4.92 Å². The highest BCUT2D eigenvalue weighted by atomic mass is 16.6. The van der Waals surface area contributed by atoms with Crippen LogP contribution in [0.1, 0.15) is 6.92 Å². The molecule has 2 heterocycles. The summed E-state index contributed by atoms with van der Waals surface area (Å²) in [5.41, 5.74) is -0.0773. The van der Waals surface area contributed by atoms with Crippen LogP contribution in [0, 0.1) is 10.1 Å². The number of hydrogen-bond acceptors (Lipinski definition) is 6. The highest BCUT2D eigenvalue weighted by molar-refractivity contribution is 5.35. The molecule has 0 aliphatic carbocycles. The van der Waals surface area contributed by atoms with Crippen LogP contribution in [0.15, 0.2) is 12.4 Å². The van der Waals surface area contributed by atoms with Crippen molar-refractivity contribution in [1.29, 1.82) is 0 Å². The molecule has 1 atom stereocenters. The van der Waals surface area contributed by atoms with E-state index in [1.807, 2.05) is 4.90 Å². The average Bonchev–Trinajstić information content (AvgIpc) is 2.30. The molecule has 1 unspecified atom stereocenters. The Hall–Kier alpha value is -1.76. The van der Waals surface area contributed by atoms with Crippen LogP contribution >= 0.6 is 0 Å². The number of piperazine rings is 1. The number of aromatic nitrogens is 2. The van der Waals surface area contributed by atoms with Crippen LogP contribution in [0.25, 0.3) is 0 Å². The summed E-state index contributed by atoms with van der Waals surface area (Å²) < 4.78 is 0. The van der Waals surface area contributed by atoms with Crippen molar-refractivity contribution in [3.8, 4) is 0 Å². The fourth-order valence-electron chi connectivity index (χ4n) is 1.70. The second-order valence-electron chi connectivity index (χ2n) is 3.74. The van der Waals surface area contributed by atoms with Crippen molar-refractivity contribution in [2.24, 2.45) is 0 Å². The van der Waals surface area contributed by atoms with E-state index in [0.29, 0.717) is 12.0 Å². The summed E-state index contributed by atoms with van der Waals surface area (Å²) in [6.45, 7) is 4.64. The van der Waals surface area contributed by atoms with Gasteiger partial charge in [0.25, 0.3) is 0 Å². The van der Waals surface area contributed by atoms with Gasteiger partial charge in [-0.1, -0.05) is 0 Å². The van der Waals surface area contributed by atoms with Crippen molar-refractivity contribution in [3.05, 3.63) is 22.5 Å². The third-order valence-corrected chi connectivity index (χ3v) is 2.59. The molecule has 0 spiro atoms. The van der Waals surface area contributed by atoms with Gasteiger partial charge in [0.15, 0.2) is 0 Å². The lowest BCUT2D eigenvalue weighted by molar-refractivity contribution is -0.385. The van der Waals surface area contributed by atoms with E-state index in [1.54, 1.807) is 0 Å². The van der Waals surface area contributed by atoms with Crippen LogP contribution in [0.4, 0.5) is 11.6 Å². The Bertz CT molecular complexity index is 380. The Morgan fingerprint density at radius 2 is 2.25 bits per heavy atom. The third kappa shape index (κ3) is 2.08. The number of nitrogens with one attached hydrogen (secondary N) is 1. The van der Waals surface area contributed by atoms with Gasteiger partial charge in [-0.2, -0.15) is 0 Å². The molecule has 1 aromatic rings. The monoisotopic (exact) mass is 223 g/mol. The molecule has 0 aromatic carbocycles. The van der Waals surface area contributed by atoms with Crippen molar-refractivity contribution in [2.75, 3.05) is 24.5 Å². The fraction of sp³-hybridized carbons (Fsp3) is 0.556. The van der Waals surface area contributed by atoms with Gasteiger partial charge in [0.2, 0.25) is 5.95 Å². The van der Waals surface area contributed by atoms with Crippen molar-refractivity contribution in [3.63, 3.8) is 0 Å². The quantitative estimate of drug-likeness (QED) is 0.569. The van der Waals surface area contributed by atoms with Crippen LogP contribution in [0.2, 0.25) is 0 Å². The zero-order chi connectivity index (χ0) is 11.5. The predicted molar refractivity (Wildman–Crippen MR) is 58.4 cm³/mol. The van der Waals surface area contributed by atoms with Crippen LogP contribution in [0.3, 0.4) is 0 Å². The Balaban J connectivity index is 2.17. The smallest absolute Gasteiger partial charge is 0.305 e. The van der Waals surface area contributed by atoms with Gasteiger partial charge in [-0.05, 0) is 6.92 Å². The number of anilines is 1. The molecular weight excluding hydrogens is 210 g/mol. The maximum absolute atomic E-state index is 10.5. The number of rotatable bonds is 2. The molecule has 1 N–H and O–H groups in total. The maximum atomic E-state index is 10.5. The van der Waals surface area contributed by atoms with Crippen LogP contribution < -0.4 is 10.2 Å². The number of nitrogens with zero attached hydrogens (tertiary/aromatic N) is 4. The molecule has 1 aromatic heterocycles. The Kier molecular flexibility index (Phi) is 2.95. The van der Waals surface area contributed by atoms with E-state index < -0.39 is 4.92 Å². The Morgan fingerprint density at radius 3 is 2.81 bits per heavy atom. The van der Waals surface area contributed by atoms with E-state index >= 15 is 0 Å². The summed E-state index contributed by atoms with van der Waals surface area (Å²) >= 11 is 0. The van der Waals surface area contributed by atoms with Crippen molar-refractivity contribution >= 4 is 11.6 Å². The number of hydrogen-bond donors (Lipinski definition) is 1. The van der Waals surface area contributed by atoms with Crippen molar-refractivity contribution < 1.29 is 4.92 Å². The summed E-state index contributed by atoms with van der Waals surface area (Å²) in [7, 11) is 0. The van der Waals surface area contributed by atoms with Crippen molar-refractivity contribution in [2.45, 2.75) is 13.0 Å². The molecule has 0 amide bonds. The molecule has 0 radical (unpaired) electrons. The normalized spacial score (nSPS) is 20.8. The van der Waals surface area contributed by atoms with Gasteiger partial charge >= 0.3 is 5.69 Å².